The maximum absolute atomic E-state index is 5.32. The zero-order valence-electron chi connectivity index (χ0n) is 11.5. The first-order valence-corrected chi connectivity index (χ1v) is 6.18. The minimum absolute atomic E-state index is 0.213. The highest BCUT2D eigenvalue weighted by molar-refractivity contribution is 5.62. The zero-order chi connectivity index (χ0) is 13.7. The van der Waals surface area contributed by atoms with Gasteiger partial charge in [-0.05, 0) is 19.1 Å². The molecule has 0 amide bonds. The summed E-state index contributed by atoms with van der Waals surface area (Å²) in [6.07, 6.45) is 3.70. The van der Waals surface area contributed by atoms with Gasteiger partial charge >= 0.3 is 0 Å². The van der Waals surface area contributed by atoms with E-state index in [1.807, 2.05) is 35.0 Å². The molecule has 1 aromatic heterocycles. The number of methoxy groups -OCH3 is 2. The monoisotopic (exact) mass is 261 g/mol. The molecular formula is C14H19N3O2. The lowest BCUT2D eigenvalue weighted by Crippen LogP contribution is -2.13. The van der Waals surface area contributed by atoms with Crippen LogP contribution in [0.1, 0.15) is 13.0 Å². The number of nitrogens with zero attached hydrogens (tertiary/aromatic N) is 2. The number of aromatic nitrogens is 2. The van der Waals surface area contributed by atoms with E-state index in [0.29, 0.717) is 6.61 Å². The van der Waals surface area contributed by atoms with Gasteiger partial charge in [0.2, 0.25) is 5.95 Å². The largest absolute Gasteiger partial charge is 0.495 e. The average Bonchev–Trinajstić information content (AvgIpc) is 2.88. The van der Waals surface area contributed by atoms with Crippen molar-refractivity contribution >= 4 is 11.6 Å². The summed E-state index contributed by atoms with van der Waals surface area (Å²) in [5.74, 6) is 1.56. The van der Waals surface area contributed by atoms with Crippen molar-refractivity contribution in [2.24, 2.45) is 0 Å². The highest BCUT2D eigenvalue weighted by atomic mass is 16.5. The zero-order valence-corrected chi connectivity index (χ0v) is 11.5. The number of nitrogens with one attached hydrogen (secondary N) is 1. The molecule has 0 aliphatic heterocycles. The Bertz CT molecular complexity index is 525. The molecule has 102 valence electrons. The topological polar surface area (TPSA) is 48.3 Å². The third kappa shape index (κ3) is 3.06. The van der Waals surface area contributed by atoms with Crippen LogP contribution >= 0.6 is 0 Å². The Hall–Kier alpha value is -2.01. The molecule has 2 rings (SSSR count). The first-order valence-electron chi connectivity index (χ1n) is 6.18. The van der Waals surface area contributed by atoms with Gasteiger partial charge in [0, 0.05) is 19.5 Å². The maximum Gasteiger partial charge on any atom is 0.207 e. The van der Waals surface area contributed by atoms with Crippen LogP contribution in [0, 0.1) is 0 Å². The number of para-hydroxylation sites is 2. The molecule has 1 heterocycles. The first-order chi connectivity index (χ1) is 9.26. The lowest BCUT2D eigenvalue weighted by atomic mass is 10.3. The van der Waals surface area contributed by atoms with Gasteiger partial charge in [-0.25, -0.2) is 4.98 Å². The lowest BCUT2D eigenvalue weighted by Gasteiger charge is -2.17. The summed E-state index contributed by atoms with van der Waals surface area (Å²) in [4.78, 5) is 4.33. The Morgan fingerprint density at radius 2 is 2.11 bits per heavy atom. The van der Waals surface area contributed by atoms with Crippen LogP contribution in [0.25, 0.3) is 0 Å². The molecule has 5 nitrogen and oxygen atoms in total. The third-order valence-corrected chi connectivity index (χ3v) is 2.90. The number of hydrogen-bond donors (Lipinski definition) is 1. The molecule has 0 radical (unpaired) electrons. The summed E-state index contributed by atoms with van der Waals surface area (Å²) < 4.78 is 12.5. The van der Waals surface area contributed by atoms with Crippen LogP contribution in [0.4, 0.5) is 11.6 Å². The molecule has 0 bridgehead atoms. The predicted octanol–water partition coefficient (Wildman–Crippen LogP) is 2.84. The molecule has 0 aliphatic carbocycles. The molecular weight excluding hydrogens is 242 g/mol. The number of hydrogen-bond acceptors (Lipinski definition) is 4. The fourth-order valence-corrected chi connectivity index (χ4v) is 1.96. The van der Waals surface area contributed by atoms with Crippen molar-refractivity contribution in [3.8, 4) is 5.75 Å². The Morgan fingerprint density at radius 1 is 1.32 bits per heavy atom. The van der Waals surface area contributed by atoms with E-state index in [2.05, 4.69) is 17.2 Å². The second-order valence-corrected chi connectivity index (χ2v) is 4.29. The third-order valence-electron chi connectivity index (χ3n) is 2.90. The lowest BCUT2D eigenvalue weighted by molar-refractivity contribution is 0.163. The van der Waals surface area contributed by atoms with Crippen LogP contribution in [-0.2, 0) is 4.74 Å². The van der Waals surface area contributed by atoms with Crippen molar-refractivity contribution < 1.29 is 9.47 Å². The van der Waals surface area contributed by atoms with E-state index >= 15 is 0 Å². The number of rotatable bonds is 6. The molecule has 1 N–H and O–H groups in total. The second kappa shape index (κ2) is 6.24. The predicted molar refractivity (Wildman–Crippen MR) is 75.1 cm³/mol. The Morgan fingerprint density at radius 3 is 2.84 bits per heavy atom. The highest BCUT2D eigenvalue weighted by Crippen LogP contribution is 2.27. The van der Waals surface area contributed by atoms with E-state index in [1.165, 1.54) is 0 Å². The Labute approximate surface area is 113 Å². The van der Waals surface area contributed by atoms with Gasteiger partial charge in [-0.3, -0.25) is 0 Å². The van der Waals surface area contributed by atoms with E-state index in [-0.39, 0.29) is 6.04 Å². The van der Waals surface area contributed by atoms with Crippen molar-refractivity contribution in [1.82, 2.24) is 9.55 Å². The molecule has 0 spiro atoms. The van der Waals surface area contributed by atoms with Crippen LogP contribution in [-0.4, -0.2) is 30.4 Å². The summed E-state index contributed by atoms with van der Waals surface area (Å²) >= 11 is 0. The number of imidazole rings is 1. The van der Waals surface area contributed by atoms with Crippen LogP contribution in [0.15, 0.2) is 36.7 Å². The van der Waals surface area contributed by atoms with Crippen molar-refractivity contribution in [3.05, 3.63) is 36.7 Å². The van der Waals surface area contributed by atoms with Gasteiger partial charge in [-0.2, -0.15) is 0 Å². The molecule has 1 atom stereocenters. The molecule has 1 unspecified atom stereocenters. The van der Waals surface area contributed by atoms with E-state index in [4.69, 9.17) is 9.47 Å². The fraction of sp³-hybridized carbons (Fsp3) is 0.357. The maximum atomic E-state index is 5.32. The quantitative estimate of drug-likeness (QED) is 0.868. The Balaban J connectivity index is 2.22. The molecule has 0 saturated carbocycles. The van der Waals surface area contributed by atoms with Crippen molar-refractivity contribution in [1.29, 1.82) is 0 Å². The molecule has 1 aromatic carbocycles. The Kier molecular flexibility index (Phi) is 4.41. The summed E-state index contributed by atoms with van der Waals surface area (Å²) in [7, 11) is 3.35. The van der Waals surface area contributed by atoms with E-state index in [0.717, 1.165) is 17.4 Å². The van der Waals surface area contributed by atoms with Gasteiger partial charge in [0.05, 0.1) is 25.4 Å². The average molecular weight is 261 g/mol. The van der Waals surface area contributed by atoms with Crippen molar-refractivity contribution in [3.63, 3.8) is 0 Å². The molecule has 0 aliphatic rings. The minimum atomic E-state index is 0.213. The van der Waals surface area contributed by atoms with Gasteiger partial charge < -0.3 is 19.4 Å². The summed E-state index contributed by atoms with van der Waals surface area (Å²) in [6.45, 7) is 2.72. The minimum Gasteiger partial charge on any atom is -0.495 e. The number of anilines is 2. The summed E-state index contributed by atoms with van der Waals surface area (Å²) in [5.41, 5.74) is 0.891. The van der Waals surface area contributed by atoms with Crippen LogP contribution < -0.4 is 10.1 Å². The van der Waals surface area contributed by atoms with Crippen molar-refractivity contribution in [2.45, 2.75) is 13.0 Å². The van der Waals surface area contributed by atoms with Crippen LogP contribution in [0.2, 0.25) is 0 Å². The van der Waals surface area contributed by atoms with Crippen LogP contribution in [0.5, 0.6) is 5.75 Å². The summed E-state index contributed by atoms with van der Waals surface area (Å²) in [6, 6.07) is 7.97. The van der Waals surface area contributed by atoms with Gasteiger partial charge in [0.1, 0.15) is 5.75 Å². The SMILES string of the molecule is COCC(C)n1ccnc1Nc1ccccc1OC. The molecule has 19 heavy (non-hydrogen) atoms. The second-order valence-electron chi connectivity index (χ2n) is 4.29. The van der Waals surface area contributed by atoms with E-state index in [1.54, 1.807) is 20.4 Å². The number of benzene rings is 1. The van der Waals surface area contributed by atoms with Gasteiger partial charge in [0.15, 0.2) is 0 Å². The highest BCUT2D eigenvalue weighted by Gasteiger charge is 2.11. The molecule has 0 saturated heterocycles. The smallest absolute Gasteiger partial charge is 0.207 e. The standard InChI is InChI=1S/C14H19N3O2/c1-11(10-18-2)17-9-8-15-14(17)16-12-6-4-5-7-13(12)19-3/h4-9,11H,10H2,1-3H3,(H,15,16). The van der Waals surface area contributed by atoms with Crippen LogP contribution in [0.3, 0.4) is 0 Å². The molecule has 0 fully saturated rings. The summed E-state index contributed by atoms with van der Waals surface area (Å²) in [5, 5.41) is 3.28. The molecule has 5 heteroatoms. The number of ether oxygens (including phenoxy) is 2. The first kappa shape index (κ1) is 13.4. The van der Waals surface area contributed by atoms with Crippen molar-refractivity contribution in [2.75, 3.05) is 26.1 Å². The van der Waals surface area contributed by atoms with E-state index in [9.17, 15) is 0 Å². The van der Waals surface area contributed by atoms with Gasteiger partial charge in [-0.1, -0.05) is 12.1 Å². The normalized spacial score (nSPS) is 12.2. The van der Waals surface area contributed by atoms with E-state index < -0.39 is 0 Å². The van der Waals surface area contributed by atoms with Gasteiger partial charge in [0.25, 0.3) is 0 Å². The molecule has 2 aromatic rings. The van der Waals surface area contributed by atoms with Gasteiger partial charge in [-0.15, -0.1) is 0 Å². The fourth-order valence-electron chi connectivity index (χ4n) is 1.96.